The summed E-state index contributed by atoms with van der Waals surface area (Å²) in [6.07, 6.45) is 6.33. The average molecular weight is 650 g/mol. The van der Waals surface area contributed by atoms with Gasteiger partial charge in [0.25, 0.3) is 5.91 Å². The second kappa shape index (κ2) is 14.6. The molecular formula is C36H44FN3O7. The minimum atomic E-state index is -0.558. The molecule has 0 bridgehead atoms. The minimum absolute atomic E-state index is 0.0456. The van der Waals surface area contributed by atoms with Gasteiger partial charge in [-0.1, -0.05) is 24.3 Å². The number of likely N-dealkylation sites (tertiary alicyclic amines) is 2. The molecule has 1 saturated carbocycles. The Morgan fingerprint density at radius 1 is 1.04 bits per heavy atom. The van der Waals surface area contributed by atoms with Crippen LogP contribution in [0.15, 0.2) is 47.1 Å². The van der Waals surface area contributed by atoms with Crippen molar-refractivity contribution in [1.29, 1.82) is 0 Å². The van der Waals surface area contributed by atoms with Crippen LogP contribution in [-0.4, -0.2) is 98.8 Å². The first-order valence-electron chi connectivity index (χ1n) is 16.5. The van der Waals surface area contributed by atoms with E-state index in [0.29, 0.717) is 54.0 Å². The van der Waals surface area contributed by atoms with Crippen molar-refractivity contribution in [3.05, 3.63) is 65.2 Å². The highest BCUT2D eigenvalue weighted by Gasteiger charge is 2.43. The van der Waals surface area contributed by atoms with E-state index in [0.717, 1.165) is 38.4 Å². The van der Waals surface area contributed by atoms with Gasteiger partial charge in [0.15, 0.2) is 0 Å². The van der Waals surface area contributed by atoms with Crippen molar-refractivity contribution >= 4 is 34.8 Å². The van der Waals surface area contributed by atoms with E-state index in [2.05, 4.69) is 10.2 Å². The molecule has 6 rings (SSSR count). The van der Waals surface area contributed by atoms with Crippen molar-refractivity contribution in [2.45, 2.75) is 75.8 Å². The third-order valence-electron chi connectivity index (χ3n) is 10.2. The molecule has 47 heavy (non-hydrogen) atoms. The average Bonchev–Trinajstić information content (AvgIpc) is 3.83. The van der Waals surface area contributed by atoms with Crippen molar-refractivity contribution in [1.82, 2.24) is 9.80 Å². The third-order valence-corrected chi connectivity index (χ3v) is 10.2. The predicted molar refractivity (Wildman–Crippen MR) is 174 cm³/mol. The molecule has 0 spiro atoms. The molecule has 3 aliphatic rings. The van der Waals surface area contributed by atoms with Gasteiger partial charge in [-0.2, -0.15) is 0 Å². The number of nitrogens with zero attached hydrogens (tertiary/aromatic N) is 2. The molecule has 3 fully saturated rings. The summed E-state index contributed by atoms with van der Waals surface area (Å²) in [5, 5.41) is 3.47. The van der Waals surface area contributed by atoms with Gasteiger partial charge in [-0.05, 0) is 62.3 Å². The number of methoxy groups -OCH3 is 2. The van der Waals surface area contributed by atoms with Gasteiger partial charge in [0.1, 0.15) is 23.9 Å². The van der Waals surface area contributed by atoms with E-state index in [9.17, 15) is 14.4 Å². The molecule has 252 valence electrons. The SMILES string of the molecule is CO[C@H]1CN([C@H]2C[C@@H](COC3CCC(C=O)CC3)N(C(=O)Cc3cc(C)c(NC(=O)c4coc5ccccc45)cc3F)C2)C[C@H]1OC. The first kappa shape index (κ1) is 33.3. The Bertz CT molecular complexity index is 1570. The van der Waals surface area contributed by atoms with Crippen molar-refractivity contribution in [3.8, 4) is 0 Å². The fraction of sp³-hybridized carbons (Fsp3) is 0.528. The molecule has 10 nitrogen and oxygen atoms in total. The lowest BCUT2D eigenvalue weighted by atomic mass is 9.88. The number of amides is 2. The number of anilines is 1. The molecule has 11 heteroatoms. The zero-order valence-electron chi connectivity index (χ0n) is 27.3. The smallest absolute Gasteiger partial charge is 0.259 e. The van der Waals surface area contributed by atoms with Crippen molar-refractivity contribution in [3.63, 3.8) is 0 Å². The van der Waals surface area contributed by atoms with Gasteiger partial charge in [-0.25, -0.2) is 4.39 Å². The first-order valence-corrected chi connectivity index (χ1v) is 16.5. The number of carbonyl (C=O) groups is 3. The van der Waals surface area contributed by atoms with Gasteiger partial charge in [0.05, 0.1) is 42.9 Å². The summed E-state index contributed by atoms with van der Waals surface area (Å²) in [5.74, 6) is -1.03. The molecule has 0 unspecified atom stereocenters. The van der Waals surface area contributed by atoms with Crippen LogP contribution in [0.25, 0.3) is 11.0 Å². The molecular weight excluding hydrogens is 605 g/mol. The summed E-state index contributed by atoms with van der Waals surface area (Å²) in [4.78, 5) is 42.3. The highest BCUT2D eigenvalue weighted by Crippen LogP contribution is 2.31. The Labute approximate surface area is 274 Å². The zero-order chi connectivity index (χ0) is 33.1. The highest BCUT2D eigenvalue weighted by atomic mass is 19.1. The molecule has 3 aromatic rings. The summed E-state index contributed by atoms with van der Waals surface area (Å²) in [7, 11) is 3.38. The second-order valence-electron chi connectivity index (χ2n) is 13.1. The molecule has 2 amide bonds. The number of aryl methyl sites for hydroxylation is 1. The molecule has 1 aromatic heterocycles. The quantitative estimate of drug-likeness (QED) is 0.296. The van der Waals surface area contributed by atoms with Crippen molar-refractivity contribution in [2.24, 2.45) is 5.92 Å². The van der Waals surface area contributed by atoms with E-state index in [1.807, 2.05) is 17.0 Å². The van der Waals surface area contributed by atoms with Crippen LogP contribution < -0.4 is 5.32 Å². The zero-order valence-corrected chi connectivity index (χ0v) is 27.3. The van der Waals surface area contributed by atoms with E-state index in [1.54, 1.807) is 39.3 Å². The number of nitrogens with one attached hydrogen (secondary N) is 1. The van der Waals surface area contributed by atoms with Crippen LogP contribution in [0, 0.1) is 18.7 Å². The lowest BCUT2D eigenvalue weighted by molar-refractivity contribution is -0.133. The van der Waals surface area contributed by atoms with Crippen LogP contribution in [0.4, 0.5) is 10.1 Å². The third kappa shape index (κ3) is 7.28. The highest BCUT2D eigenvalue weighted by molar-refractivity contribution is 6.12. The fourth-order valence-electron chi connectivity index (χ4n) is 7.40. The maximum absolute atomic E-state index is 15.5. The lowest BCUT2D eigenvalue weighted by Gasteiger charge is -2.29. The van der Waals surface area contributed by atoms with E-state index in [-0.39, 0.29) is 54.2 Å². The molecule has 2 aliphatic heterocycles. The van der Waals surface area contributed by atoms with E-state index in [4.69, 9.17) is 18.6 Å². The van der Waals surface area contributed by atoms with Gasteiger partial charge in [-0.15, -0.1) is 0 Å². The Kier molecular flexibility index (Phi) is 10.4. The second-order valence-corrected chi connectivity index (χ2v) is 13.1. The number of rotatable bonds is 11. The van der Waals surface area contributed by atoms with Crippen molar-refractivity contribution in [2.75, 3.05) is 45.8 Å². The lowest BCUT2D eigenvalue weighted by Crippen LogP contribution is -2.41. The Morgan fingerprint density at radius 2 is 1.77 bits per heavy atom. The van der Waals surface area contributed by atoms with Gasteiger partial charge in [0.2, 0.25) is 5.91 Å². The normalized spacial score (nSPS) is 26.6. The van der Waals surface area contributed by atoms with E-state index < -0.39 is 11.7 Å². The van der Waals surface area contributed by atoms with E-state index >= 15 is 4.39 Å². The number of ether oxygens (including phenoxy) is 3. The monoisotopic (exact) mass is 649 g/mol. The molecule has 2 saturated heterocycles. The predicted octanol–water partition coefficient (Wildman–Crippen LogP) is 4.76. The summed E-state index contributed by atoms with van der Waals surface area (Å²) in [6.45, 7) is 4.10. The number of fused-ring (bicyclic) bond motifs is 1. The topological polar surface area (TPSA) is 111 Å². The van der Waals surface area contributed by atoms with Crippen molar-refractivity contribution < 1.29 is 37.4 Å². The Morgan fingerprint density at radius 3 is 2.47 bits per heavy atom. The Hall–Kier alpha value is -3.64. The summed E-state index contributed by atoms with van der Waals surface area (Å²) in [6, 6.07) is 10.1. The van der Waals surface area contributed by atoms with Crippen LogP contribution >= 0.6 is 0 Å². The summed E-state index contributed by atoms with van der Waals surface area (Å²) < 4.78 is 38.7. The van der Waals surface area contributed by atoms with Crippen LogP contribution in [-0.2, 0) is 30.2 Å². The van der Waals surface area contributed by atoms with E-state index in [1.165, 1.54) is 12.3 Å². The van der Waals surface area contributed by atoms with Gasteiger partial charge in [0, 0.05) is 56.9 Å². The maximum atomic E-state index is 15.5. The standard InChI is InChI=1S/C36H44FN3O7/c1-22-12-24(30(37)15-31(22)38-36(43)29-21-47-32-7-5-4-6-28(29)32)13-35(42)40-16-25(39-17-33(44-2)34(18-39)45-3)14-26(40)20-46-27-10-8-23(19-41)9-11-27/h4-7,12,15,19,21,23,25-27,33-34H,8-11,13-14,16-18,20H2,1-3H3,(H,38,43)/t23?,25-,26-,27?,33-,34+/m0/s1. The van der Waals surface area contributed by atoms with Crippen LogP contribution in [0.2, 0.25) is 0 Å². The first-order chi connectivity index (χ1) is 22.8. The molecule has 3 heterocycles. The molecule has 2 aromatic carbocycles. The largest absolute Gasteiger partial charge is 0.463 e. The minimum Gasteiger partial charge on any atom is -0.463 e. The van der Waals surface area contributed by atoms with Gasteiger partial charge < -0.3 is 33.6 Å². The molecule has 4 atom stereocenters. The number of halogens is 1. The molecule has 0 radical (unpaired) electrons. The van der Waals surface area contributed by atoms with Crippen LogP contribution in [0.5, 0.6) is 0 Å². The number of benzene rings is 2. The number of para-hydroxylation sites is 1. The van der Waals surface area contributed by atoms with Gasteiger partial charge >= 0.3 is 0 Å². The van der Waals surface area contributed by atoms with Gasteiger partial charge in [-0.3, -0.25) is 14.5 Å². The number of hydrogen-bond donors (Lipinski definition) is 1. The summed E-state index contributed by atoms with van der Waals surface area (Å²) >= 11 is 0. The number of aldehydes is 1. The molecule has 1 N–H and O–H groups in total. The van der Waals surface area contributed by atoms with Crippen LogP contribution in [0.3, 0.4) is 0 Å². The molecule has 1 aliphatic carbocycles. The fourth-order valence-corrected chi connectivity index (χ4v) is 7.40. The van der Waals surface area contributed by atoms with Crippen LogP contribution in [0.1, 0.15) is 53.6 Å². The maximum Gasteiger partial charge on any atom is 0.259 e. The Balaban J connectivity index is 1.14. The number of carbonyl (C=O) groups excluding carboxylic acids is 3. The number of furan rings is 1. The summed E-state index contributed by atoms with van der Waals surface area (Å²) in [5.41, 5.74) is 2.21. The number of hydrogen-bond acceptors (Lipinski definition) is 8.